The standard InChI is InChI=1S/C26H27N5O5/c1-4-31-23-22(17(3)28-31)29(26(35)30(24(23)33)15-18-10-7-6-8-11-18)16-21(32)27-20-13-9-12-19(14-20)25(34)36-5-2/h6-14H,4-5,15-16H2,1-3H3,(H,27,32). The van der Waals surface area contributed by atoms with Crippen molar-refractivity contribution >= 4 is 28.6 Å². The highest BCUT2D eigenvalue weighted by Gasteiger charge is 2.22. The summed E-state index contributed by atoms with van der Waals surface area (Å²) in [4.78, 5) is 51.9. The fraction of sp³-hybridized carbons (Fsp3) is 0.269. The topological polar surface area (TPSA) is 117 Å². The van der Waals surface area contributed by atoms with Gasteiger partial charge in [-0.15, -0.1) is 0 Å². The summed E-state index contributed by atoms with van der Waals surface area (Å²) in [7, 11) is 0. The van der Waals surface area contributed by atoms with E-state index < -0.39 is 23.1 Å². The van der Waals surface area contributed by atoms with Gasteiger partial charge in [-0.1, -0.05) is 36.4 Å². The number of hydrogen-bond acceptors (Lipinski definition) is 6. The van der Waals surface area contributed by atoms with E-state index in [4.69, 9.17) is 4.74 Å². The molecule has 186 valence electrons. The van der Waals surface area contributed by atoms with Crippen molar-refractivity contribution in [2.75, 3.05) is 11.9 Å². The number of aromatic nitrogens is 4. The normalized spacial score (nSPS) is 11.0. The maximum Gasteiger partial charge on any atom is 0.338 e. The molecule has 4 aromatic rings. The molecule has 10 nitrogen and oxygen atoms in total. The van der Waals surface area contributed by atoms with Crippen molar-refractivity contribution in [1.29, 1.82) is 0 Å². The molecule has 0 saturated heterocycles. The Labute approximate surface area is 206 Å². The molecule has 0 saturated carbocycles. The molecule has 0 fully saturated rings. The van der Waals surface area contributed by atoms with Gasteiger partial charge in [0.2, 0.25) is 5.91 Å². The van der Waals surface area contributed by atoms with Crippen molar-refractivity contribution in [2.45, 2.75) is 40.4 Å². The Morgan fingerprint density at radius 2 is 1.72 bits per heavy atom. The smallest absolute Gasteiger partial charge is 0.338 e. The molecule has 0 atom stereocenters. The Hall–Kier alpha value is -4.47. The molecule has 10 heteroatoms. The second-order valence-corrected chi connectivity index (χ2v) is 8.19. The molecule has 0 aliphatic heterocycles. The number of aryl methyl sites for hydroxylation is 2. The molecule has 0 bridgehead atoms. The minimum absolute atomic E-state index is 0.0611. The molecule has 0 spiro atoms. The van der Waals surface area contributed by atoms with Gasteiger partial charge in [-0.05, 0) is 44.5 Å². The van der Waals surface area contributed by atoms with Crippen LogP contribution in [0.15, 0.2) is 64.2 Å². The molecule has 2 aromatic carbocycles. The third-order valence-corrected chi connectivity index (χ3v) is 5.72. The van der Waals surface area contributed by atoms with E-state index >= 15 is 0 Å². The minimum Gasteiger partial charge on any atom is -0.462 e. The van der Waals surface area contributed by atoms with E-state index in [2.05, 4.69) is 10.4 Å². The number of carbonyl (C=O) groups is 2. The number of hydrogen-bond donors (Lipinski definition) is 1. The number of fused-ring (bicyclic) bond motifs is 1. The molecular weight excluding hydrogens is 462 g/mol. The van der Waals surface area contributed by atoms with Gasteiger partial charge in [0.1, 0.15) is 12.1 Å². The van der Waals surface area contributed by atoms with Gasteiger partial charge in [-0.25, -0.2) is 9.59 Å². The van der Waals surface area contributed by atoms with Gasteiger partial charge in [-0.3, -0.25) is 23.4 Å². The number of nitrogens with one attached hydrogen (secondary N) is 1. The van der Waals surface area contributed by atoms with E-state index in [1.807, 2.05) is 37.3 Å². The molecule has 2 aromatic heterocycles. The van der Waals surface area contributed by atoms with Gasteiger partial charge in [0.25, 0.3) is 5.56 Å². The predicted octanol–water partition coefficient (Wildman–Crippen LogP) is 2.55. The van der Waals surface area contributed by atoms with Gasteiger partial charge in [0.15, 0.2) is 5.52 Å². The molecule has 2 heterocycles. The molecule has 4 rings (SSSR count). The van der Waals surface area contributed by atoms with Gasteiger partial charge < -0.3 is 10.1 Å². The van der Waals surface area contributed by atoms with E-state index in [0.717, 1.165) is 10.1 Å². The number of nitrogens with zero attached hydrogens (tertiary/aromatic N) is 4. The summed E-state index contributed by atoms with van der Waals surface area (Å²) < 4.78 is 8.96. The number of rotatable bonds is 8. The molecule has 0 unspecified atom stereocenters. The van der Waals surface area contributed by atoms with Crippen molar-refractivity contribution in [2.24, 2.45) is 0 Å². The lowest BCUT2D eigenvalue weighted by molar-refractivity contribution is -0.116. The fourth-order valence-electron chi connectivity index (χ4n) is 4.13. The molecular formula is C26H27N5O5. The van der Waals surface area contributed by atoms with E-state index in [9.17, 15) is 19.2 Å². The van der Waals surface area contributed by atoms with Crippen LogP contribution in [-0.2, 0) is 29.2 Å². The number of amides is 1. The fourth-order valence-corrected chi connectivity index (χ4v) is 4.13. The second kappa shape index (κ2) is 10.4. The maximum atomic E-state index is 13.5. The van der Waals surface area contributed by atoms with Crippen LogP contribution in [0.2, 0.25) is 0 Å². The van der Waals surface area contributed by atoms with Crippen LogP contribution in [-0.4, -0.2) is 37.4 Å². The lowest BCUT2D eigenvalue weighted by Gasteiger charge is -2.14. The Balaban J connectivity index is 1.74. The van der Waals surface area contributed by atoms with Crippen LogP contribution in [0.3, 0.4) is 0 Å². The van der Waals surface area contributed by atoms with Crippen LogP contribution >= 0.6 is 0 Å². The first-order valence-electron chi connectivity index (χ1n) is 11.7. The Morgan fingerprint density at radius 1 is 0.972 bits per heavy atom. The number of esters is 1. The summed E-state index contributed by atoms with van der Waals surface area (Å²) in [6.45, 7) is 5.64. The van der Waals surface area contributed by atoms with Crippen LogP contribution in [0.1, 0.15) is 35.5 Å². The molecule has 0 aliphatic carbocycles. The second-order valence-electron chi connectivity index (χ2n) is 8.19. The number of ether oxygens (including phenoxy) is 1. The molecule has 36 heavy (non-hydrogen) atoms. The van der Waals surface area contributed by atoms with E-state index in [-0.39, 0.29) is 25.2 Å². The average molecular weight is 490 g/mol. The van der Waals surface area contributed by atoms with Crippen molar-refractivity contribution in [3.05, 3.63) is 92.3 Å². The highest BCUT2D eigenvalue weighted by atomic mass is 16.5. The predicted molar refractivity (Wildman–Crippen MR) is 135 cm³/mol. The summed E-state index contributed by atoms with van der Waals surface area (Å²) in [5.74, 6) is -0.991. The molecule has 1 N–H and O–H groups in total. The molecule has 0 radical (unpaired) electrons. The lowest BCUT2D eigenvalue weighted by Crippen LogP contribution is -2.42. The zero-order valence-corrected chi connectivity index (χ0v) is 20.4. The van der Waals surface area contributed by atoms with Crippen molar-refractivity contribution < 1.29 is 14.3 Å². The zero-order chi connectivity index (χ0) is 25.8. The molecule has 0 aliphatic rings. The first-order valence-corrected chi connectivity index (χ1v) is 11.7. The molecule has 1 amide bonds. The van der Waals surface area contributed by atoms with Crippen LogP contribution in [0.4, 0.5) is 5.69 Å². The van der Waals surface area contributed by atoms with Crippen LogP contribution in [0, 0.1) is 6.92 Å². The minimum atomic E-state index is -0.606. The summed E-state index contributed by atoms with van der Waals surface area (Å²) in [6, 6.07) is 15.5. The van der Waals surface area contributed by atoms with Crippen molar-refractivity contribution in [3.8, 4) is 0 Å². The summed E-state index contributed by atoms with van der Waals surface area (Å²) in [5.41, 5.74) is 1.46. The zero-order valence-electron chi connectivity index (χ0n) is 20.4. The lowest BCUT2D eigenvalue weighted by atomic mass is 10.2. The largest absolute Gasteiger partial charge is 0.462 e. The van der Waals surface area contributed by atoms with Gasteiger partial charge >= 0.3 is 11.7 Å². The highest BCUT2D eigenvalue weighted by molar-refractivity contribution is 5.95. The summed E-state index contributed by atoms with van der Waals surface area (Å²) >= 11 is 0. The first kappa shape index (κ1) is 24.6. The highest BCUT2D eigenvalue weighted by Crippen LogP contribution is 2.15. The number of benzene rings is 2. The SMILES string of the molecule is CCOC(=O)c1cccc(NC(=O)Cn2c(=O)n(Cc3ccccc3)c(=O)c3c2c(C)nn3CC)c1. The van der Waals surface area contributed by atoms with E-state index in [1.165, 1.54) is 10.6 Å². The van der Waals surface area contributed by atoms with Crippen molar-refractivity contribution in [1.82, 2.24) is 18.9 Å². The van der Waals surface area contributed by atoms with E-state index in [0.29, 0.717) is 29.0 Å². The average Bonchev–Trinajstić information content (AvgIpc) is 3.21. The Morgan fingerprint density at radius 3 is 2.42 bits per heavy atom. The van der Waals surface area contributed by atoms with Crippen LogP contribution in [0.25, 0.3) is 11.0 Å². The monoisotopic (exact) mass is 489 g/mol. The third kappa shape index (κ3) is 4.83. The van der Waals surface area contributed by atoms with Gasteiger partial charge in [-0.2, -0.15) is 5.10 Å². The van der Waals surface area contributed by atoms with Crippen LogP contribution < -0.4 is 16.6 Å². The Kier molecular flexibility index (Phi) is 7.14. The van der Waals surface area contributed by atoms with Crippen LogP contribution in [0.5, 0.6) is 0 Å². The summed E-state index contributed by atoms with van der Waals surface area (Å²) in [5, 5.41) is 7.14. The third-order valence-electron chi connectivity index (χ3n) is 5.72. The quantitative estimate of drug-likeness (QED) is 0.380. The van der Waals surface area contributed by atoms with Gasteiger partial charge in [0.05, 0.1) is 24.4 Å². The maximum absolute atomic E-state index is 13.5. The number of carbonyl (C=O) groups excluding carboxylic acids is 2. The van der Waals surface area contributed by atoms with Gasteiger partial charge in [0, 0.05) is 12.2 Å². The summed E-state index contributed by atoms with van der Waals surface area (Å²) in [6.07, 6.45) is 0. The number of anilines is 1. The Bertz CT molecular complexity index is 1550. The van der Waals surface area contributed by atoms with Crippen molar-refractivity contribution in [3.63, 3.8) is 0 Å². The first-order chi connectivity index (χ1) is 17.3. The van der Waals surface area contributed by atoms with E-state index in [1.54, 1.807) is 36.7 Å².